The molecule has 1 saturated carbocycles. The third kappa shape index (κ3) is 5.69. The van der Waals surface area contributed by atoms with E-state index in [1.165, 1.54) is 0 Å². The Morgan fingerprint density at radius 3 is 2.33 bits per heavy atom. The molecule has 1 amide bonds. The lowest BCUT2D eigenvalue weighted by molar-refractivity contribution is 0.0925. The van der Waals surface area contributed by atoms with Crippen molar-refractivity contribution in [3.8, 4) is 0 Å². The highest BCUT2D eigenvalue weighted by Gasteiger charge is 2.20. The van der Waals surface area contributed by atoms with Crippen LogP contribution in [0, 0.1) is 0 Å². The van der Waals surface area contributed by atoms with Crippen LogP contribution in [0.3, 0.4) is 0 Å². The van der Waals surface area contributed by atoms with Crippen LogP contribution in [-0.2, 0) is 0 Å². The van der Waals surface area contributed by atoms with Crippen molar-refractivity contribution in [3.63, 3.8) is 0 Å². The first-order valence-corrected chi connectivity index (χ1v) is 6.76. The molecule has 21 heavy (non-hydrogen) atoms. The molecule has 1 aliphatic carbocycles. The van der Waals surface area contributed by atoms with Crippen LogP contribution in [0.1, 0.15) is 36.0 Å². The van der Waals surface area contributed by atoms with E-state index in [0.29, 0.717) is 11.6 Å². The highest BCUT2D eigenvalue weighted by Crippen LogP contribution is 2.17. The maximum atomic E-state index is 12.1. The second kappa shape index (κ2) is 9.07. The molecular formula is C14H24Cl2N4O. The number of nitrogens with two attached hydrogens (primary N) is 1. The van der Waals surface area contributed by atoms with Gasteiger partial charge in [-0.3, -0.25) is 4.79 Å². The number of aromatic nitrogens is 1. The van der Waals surface area contributed by atoms with E-state index in [9.17, 15) is 4.79 Å². The Morgan fingerprint density at radius 1 is 1.24 bits per heavy atom. The summed E-state index contributed by atoms with van der Waals surface area (Å²) in [5.74, 6) is 0.804. The predicted octanol–water partition coefficient (Wildman–Crippen LogP) is 1.99. The Hall–Kier alpha value is -1.04. The minimum Gasteiger partial charge on any atom is -0.363 e. The molecule has 0 atom stereocenters. The van der Waals surface area contributed by atoms with E-state index in [4.69, 9.17) is 5.73 Å². The molecule has 0 saturated heterocycles. The molecule has 7 heteroatoms. The molecule has 1 fully saturated rings. The number of nitrogens with one attached hydrogen (secondary N) is 1. The number of halogens is 2. The van der Waals surface area contributed by atoms with Crippen molar-refractivity contribution in [1.29, 1.82) is 0 Å². The lowest BCUT2D eigenvalue weighted by Crippen LogP contribution is -2.40. The standard InChI is InChI=1S/C14H22N4O.2ClH/c1-18(2)13-8-3-10(9-16-13)14(19)17-12-6-4-11(15)5-7-12;;/h3,8-9,11-12H,4-7,15H2,1-2H3,(H,17,19);2*1H. The number of carbonyl (C=O) groups excluding carboxylic acids is 1. The molecule has 0 aliphatic heterocycles. The number of hydrogen-bond donors (Lipinski definition) is 2. The van der Waals surface area contributed by atoms with Crippen LogP contribution in [0.5, 0.6) is 0 Å². The monoisotopic (exact) mass is 334 g/mol. The van der Waals surface area contributed by atoms with E-state index in [1.54, 1.807) is 6.20 Å². The van der Waals surface area contributed by atoms with Crippen LogP contribution >= 0.6 is 24.8 Å². The minimum absolute atomic E-state index is 0. The van der Waals surface area contributed by atoms with Crippen molar-refractivity contribution in [2.75, 3.05) is 19.0 Å². The molecule has 0 bridgehead atoms. The van der Waals surface area contributed by atoms with Crippen molar-refractivity contribution in [2.24, 2.45) is 5.73 Å². The summed E-state index contributed by atoms with van der Waals surface area (Å²) in [6.45, 7) is 0. The van der Waals surface area contributed by atoms with Gasteiger partial charge in [0.05, 0.1) is 5.56 Å². The maximum absolute atomic E-state index is 12.1. The van der Waals surface area contributed by atoms with Gasteiger partial charge in [-0.1, -0.05) is 0 Å². The quantitative estimate of drug-likeness (QED) is 0.886. The smallest absolute Gasteiger partial charge is 0.253 e. The highest BCUT2D eigenvalue weighted by atomic mass is 35.5. The van der Waals surface area contributed by atoms with E-state index in [-0.39, 0.29) is 36.8 Å². The SMILES string of the molecule is CN(C)c1ccc(C(=O)NC2CCC(N)CC2)cn1.Cl.Cl. The Kier molecular flexibility index (Phi) is 8.63. The molecule has 0 radical (unpaired) electrons. The van der Waals surface area contributed by atoms with Crippen LogP contribution < -0.4 is 16.0 Å². The normalized spacial score (nSPS) is 20.7. The van der Waals surface area contributed by atoms with Gasteiger partial charge < -0.3 is 16.0 Å². The molecule has 120 valence electrons. The van der Waals surface area contributed by atoms with Crippen molar-refractivity contribution < 1.29 is 4.79 Å². The van der Waals surface area contributed by atoms with E-state index in [2.05, 4.69) is 10.3 Å². The van der Waals surface area contributed by atoms with E-state index >= 15 is 0 Å². The zero-order chi connectivity index (χ0) is 13.8. The first-order valence-electron chi connectivity index (χ1n) is 6.76. The summed E-state index contributed by atoms with van der Waals surface area (Å²) in [6, 6.07) is 4.22. The molecular weight excluding hydrogens is 311 g/mol. The number of hydrogen-bond acceptors (Lipinski definition) is 4. The fourth-order valence-electron chi connectivity index (χ4n) is 2.32. The van der Waals surface area contributed by atoms with Gasteiger partial charge in [0, 0.05) is 32.4 Å². The summed E-state index contributed by atoms with van der Waals surface area (Å²) in [6.07, 6.45) is 5.54. The topological polar surface area (TPSA) is 71.2 Å². The Morgan fingerprint density at radius 2 is 1.86 bits per heavy atom. The number of carbonyl (C=O) groups is 1. The molecule has 3 N–H and O–H groups in total. The van der Waals surface area contributed by atoms with Crippen LogP contribution in [0.25, 0.3) is 0 Å². The minimum atomic E-state index is -0.0433. The number of amides is 1. The zero-order valence-electron chi connectivity index (χ0n) is 12.4. The first kappa shape index (κ1) is 20.0. The number of nitrogens with zero attached hydrogens (tertiary/aromatic N) is 2. The largest absolute Gasteiger partial charge is 0.363 e. The number of rotatable bonds is 3. The second-order valence-electron chi connectivity index (χ2n) is 5.38. The summed E-state index contributed by atoms with van der Waals surface area (Å²) in [5, 5.41) is 3.06. The maximum Gasteiger partial charge on any atom is 0.253 e. The van der Waals surface area contributed by atoms with E-state index in [1.807, 2.05) is 31.1 Å². The molecule has 0 spiro atoms. The van der Waals surface area contributed by atoms with Crippen molar-refractivity contribution in [1.82, 2.24) is 10.3 Å². The zero-order valence-corrected chi connectivity index (χ0v) is 14.0. The Balaban J connectivity index is 0.00000200. The third-order valence-corrected chi connectivity index (χ3v) is 3.58. The summed E-state index contributed by atoms with van der Waals surface area (Å²) < 4.78 is 0. The van der Waals surface area contributed by atoms with Gasteiger partial charge in [-0.2, -0.15) is 0 Å². The molecule has 1 aromatic rings. The number of pyridine rings is 1. The summed E-state index contributed by atoms with van der Waals surface area (Å²) >= 11 is 0. The van der Waals surface area contributed by atoms with Crippen molar-refractivity contribution in [3.05, 3.63) is 23.9 Å². The molecule has 1 heterocycles. The van der Waals surface area contributed by atoms with Gasteiger partial charge in [0.1, 0.15) is 5.82 Å². The fourth-order valence-corrected chi connectivity index (χ4v) is 2.32. The van der Waals surface area contributed by atoms with E-state index in [0.717, 1.165) is 31.5 Å². The average molecular weight is 335 g/mol. The Bertz CT molecular complexity index is 431. The van der Waals surface area contributed by atoms with Gasteiger partial charge in [-0.15, -0.1) is 24.8 Å². The number of anilines is 1. The summed E-state index contributed by atoms with van der Waals surface area (Å²) in [4.78, 5) is 18.2. The van der Waals surface area contributed by atoms with Gasteiger partial charge in [0.15, 0.2) is 0 Å². The van der Waals surface area contributed by atoms with Crippen molar-refractivity contribution in [2.45, 2.75) is 37.8 Å². The van der Waals surface area contributed by atoms with E-state index < -0.39 is 0 Å². The molecule has 2 rings (SSSR count). The molecule has 1 aliphatic rings. The van der Waals surface area contributed by atoms with Crippen LogP contribution in [0.15, 0.2) is 18.3 Å². The van der Waals surface area contributed by atoms with Gasteiger partial charge >= 0.3 is 0 Å². The molecule has 5 nitrogen and oxygen atoms in total. The lowest BCUT2D eigenvalue weighted by Gasteiger charge is -2.26. The predicted molar refractivity (Wildman–Crippen MR) is 90.8 cm³/mol. The second-order valence-corrected chi connectivity index (χ2v) is 5.38. The summed E-state index contributed by atoms with van der Waals surface area (Å²) in [7, 11) is 3.85. The molecule has 1 aromatic heterocycles. The highest BCUT2D eigenvalue weighted by molar-refractivity contribution is 5.94. The lowest BCUT2D eigenvalue weighted by atomic mass is 9.92. The first-order chi connectivity index (χ1) is 9.06. The summed E-state index contributed by atoms with van der Waals surface area (Å²) in [5.41, 5.74) is 6.47. The third-order valence-electron chi connectivity index (χ3n) is 3.58. The van der Waals surface area contributed by atoms with Crippen LogP contribution in [-0.4, -0.2) is 37.1 Å². The fraction of sp³-hybridized carbons (Fsp3) is 0.571. The van der Waals surface area contributed by atoms with Gasteiger partial charge in [0.2, 0.25) is 0 Å². The molecule has 0 unspecified atom stereocenters. The molecule has 0 aromatic carbocycles. The van der Waals surface area contributed by atoms with Gasteiger partial charge in [-0.05, 0) is 37.8 Å². The van der Waals surface area contributed by atoms with Crippen molar-refractivity contribution >= 4 is 36.5 Å². The van der Waals surface area contributed by atoms with Crippen LogP contribution in [0.4, 0.5) is 5.82 Å². The van der Waals surface area contributed by atoms with Gasteiger partial charge in [0.25, 0.3) is 5.91 Å². The van der Waals surface area contributed by atoms with Crippen LogP contribution in [0.2, 0.25) is 0 Å². The Labute approximate surface area is 138 Å². The average Bonchev–Trinajstić information content (AvgIpc) is 2.41. The van der Waals surface area contributed by atoms with Gasteiger partial charge in [-0.25, -0.2) is 4.98 Å².